The second-order valence-corrected chi connectivity index (χ2v) is 6.46. The van der Waals surface area contributed by atoms with Crippen LogP contribution in [0.15, 0.2) is 22.3 Å². The van der Waals surface area contributed by atoms with Crippen molar-refractivity contribution < 1.29 is 5.11 Å². The lowest BCUT2D eigenvalue weighted by molar-refractivity contribution is 0.472. The van der Waals surface area contributed by atoms with Gasteiger partial charge in [0.05, 0.1) is 12.4 Å². The normalized spacial score (nSPS) is 12.1. The van der Waals surface area contributed by atoms with Crippen molar-refractivity contribution in [2.75, 3.05) is 10.9 Å². The van der Waals surface area contributed by atoms with Gasteiger partial charge in [-0.15, -0.1) is 10.2 Å². The Kier molecular flexibility index (Phi) is 5.01. The van der Waals surface area contributed by atoms with Gasteiger partial charge in [-0.25, -0.2) is 10.9 Å². The quantitative estimate of drug-likeness (QED) is 0.307. The number of nitrogens with zero attached hydrogens (tertiary/aromatic N) is 8. The second kappa shape index (κ2) is 7.55. The zero-order chi connectivity index (χ0) is 19.3. The van der Waals surface area contributed by atoms with Gasteiger partial charge in [0.1, 0.15) is 5.75 Å². The van der Waals surface area contributed by atoms with Crippen molar-refractivity contribution in [1.29, 1.82) is 0 Å². The minimum absolute atomic E-state index is 0.0142. The van der Waals surface area contributed by atoms with Gasteiger partial charge in [0, 0.05) is 11.1 Å². The highest BCUT2D eigenvalue weighted by Gasteiger charge is 2.17. The van der Waals surface area contributed by atoms with Crippen LogP contribution in [0.3, 0.4) is 0 Å². The first kappa shape index (κ1) is 17.9. The number of aromatic hydroxyl groups is 1. The summed E-state index contributed by atoms with van der Waals surface area (Å²) in [6.07, 6.45) is 2.93. The summed E-state index contributed by atoms with van der Waals surface area (Å²) in [5, 5.41) is 44.9. The fraction of sp³-hybridized carbons (Fsp3) is 0.286. The Labute approximate surface area is 153 Å². The molecule has 1 aromatic carbocycles. The van der Waals surface area contributed by atoms with E-state index in [2.05, 4.69) is 83.1 Å². The lowest BCUT2D eigenvalue weighted by atomic mass is 9.85. The molecule has 0 aliphatic rings. The highest BCUT2D eigenvalue weighted by molar-refractivity contribution is 5.92. The Bertz CT molecular complexity index is 856. The van der Waals surface area contributed by atoms with E-state index in [9.17, 15) is 5.11 Å². The molecule has 0 saturated heterocycles. The lowest BCUT2D eigenvalue weighted by Gasteiger charge is -2.21. The highest BCUT2D eigenvalue weighted by Crippen LogP contribution is 2.29. The van der Waals surface area contributed by atoms with Crippen molar-refractivity contribution in [1.82, 2.24) is 41.2 Å². The molecule has 13 nitrogen and oxygen atoms in total. The molecule has 27 heavy (non-hydrogen) atoms. The minimum Gasteiger partial charge on any atom is -0.507 e. The standard InChI is InChI=1S/C14H18N12O/c1-14(2,3)10-4-8(6-15-17-12-19-23-24-20-12)11(27)9(5-10)7-16-18-13-21-25-26-22-13/h4-7,27H,1-3H3,(H2,17,19,20,23,24)(H2,18,21,22,25,26)/b15-6+,16-7+. The molecule has 2 aromatic heterocycles. The van der Waals surface area contributed by atoms with Crippen LogP contribution in [0.2, 0.25) is 0 Å². The van der Waals surface area contributed by atoms with E-state index in [1.165, 1.54) is 12.4 Å². The Morgan fingerprint density at radius 2 is 1.41 bits per heavy atom. The van der Waals surface area contributed by atoms with Gasteiger partial charge in [0.15, 0.2) is 0 Å². The maximum absolute atomic E-state index is 10.6. The van der Waals surface area contributed by atoms with Crippen LogP contribution in [0.4, 0.5) is 11.9 Å². The highest BCUT2D eigenvalue weighted by atomic mass is 16.3. The van der Waals surface area contributed by atoms with Crippen LogP contribution in [0.5, 0.6) is 5.75 Å². The first-order valence-corrected chi connectivity index (χ1v) is 7.86. The third-order valence-electron chi connectivity index (χ3n) is 3.46. The van der Waals surface area contributed by atoms with Crippen LogP contribution >= 0.6 is 0 Å². The summed E-state index contributed by atoms with van der Waals surface area (Å²) in [6, 6.07) is 3.70. The Hall–Kier alpha value is -3.90. The third kappa shape index (κ3) is 4.59. The number of hydrazone groups is 2. The second-order valence-electron chi connectivity index (χ2n) is 6.46. The number of benzene rings is 1. The van der Waals surface area contributed by atoms with Gasteiger partial charge in [0.2, 0.25) is 0 Å². The van der Waals surface area contributed by atoms with Crippen molar-refractivity contribution >= 4 is 24.3 Å². The SMILES string of the molecule is CC(C)(C)c1cc(/C=N/Nc2nn[nH]n2)c(O)c(/C=N/Nc2nn[nH]n2)c1. The Morgan fingerprint density at radius 3 is 1.78 bits per heavy atom. The number of rotatable bonds is 6. The monoisotopic (exact) mass is 370 g/mol. The van der Waals surface area contributed by atoms with Crippen LogP contribution < -0.4 is 10.9 Å². The summed E-state index contributed by atoms with van der Waals surface area (Å²) in [7, 11) is 0. The maximum Gasteiger partial charge on any atom is 0.283 e. The molecule has 2 heterocycles. The summed E-state index contributed by atoms with van der Waals surface area (Å²) in [4.78, 5) is 0. The van der Waals surface area contributed by atoms with Gasteiger partial charge in [0.25, 0.3) is 11.9 Å². The molecule has 13 heteroatoms. The van der Waals surface area contributed by atoms with E-state index >= 15 is 0 Å². The van der Waals surface area contributed by atoms with Crippen molar-refractivity contribution in [2.24, 2.45) is 10.2 Å². The van der Waals surface area contributed by atoms with Crippen molar-refractivity contribution in [3.63, 3.8) is 0 Å². The number of hydrogen-bond donors (Lipinski definition) is 5. The molecule has 0 aliphatic heterocycles. The van der Waals surface area contributed by atoms with Crippen LogP contribution in [0.1, 0.15) is 37.5 Å². The predicted octanol–water partition coefficient (Wildman–Crippen LogP) is 0.608. The first-order chi connectivity index (χ1) is 12.9. The molecule has 140 valence electrons. The smallest absolute Gasteiger partial charge is 0.283 e. The number of tetrazole rings is 2. The lowest BCUT2D eigenvalue weighted by Crippen LogP contribution is -2.12. The number of phenolic OH excluding ortho intramolecular Hbond substituents is 1. The van der Waals surface area contributed by atoms with Gasteiger partial charge < -0.3 is 5.11 Å². The molecule has 0 aliphatic carbocycles. The van der Waals surface area contributed by atoms with Crippen LogP contribution in [0.25, 0.3) is 0 Å². The molecule has 0 bridgehead atoms. The third-order valence-corrected chi connectivity index (χ3v) is 3.46. The first-order valence-electron chi connectivity index (χ1n) is 7.86. The summed E-state index contributed by atoms with van der Waals surface area (Å²) in [6.45, 7) is 6.20. The number of phenols is 1. The average molecular weight is 370 g/mol. The molecule has 0 saturated carbocycles. The molecular formula is C14H18N12O. The van der Waals surface area contributed by atoms with Gasteiger partial charge in [-0.05, 0) is 33.5 Å². The van der Waals surface area contributed by atoms with E-state index in [4.69, 9.17) is 0 Å². The molecule has 0 fully saturated rings. The van der Waals surface area contributed by atoms with E-state index in [0.29, 0.717) is 11.1 Å². The molecule has 0 radical (unpaired) electrons. The van der Waals surface area contributed by atoms with E-state index in [1.54, 1.807) is 0 Å². The molecule has 0 spiro atoms. The molecular weight excluding hydrogens is 352 g/mol. The van der Waals surface area contributed by atoms with Crippen LogP contribution in [0, 0.1) is 0 Å². The van der Waals surface area contributed by atoms with E-state index < -0.39 is 0 Å². The average Bonchev–Trinajstić information content (AvgIpc) is 3.30. The summed E-state index contributed by atoms with van der Waals surface area (Å²) < 4.78 is 0. The zero-order valence-electron chi connectivity index (χ0n) is 14.8. The Balaban J connectivity index is 1.87. The number of nitrogens with one attached hydrogen (secondary N) is 4. The number of aromatic nitrogens is 8. The number of H-pyrrole nitrogens is 2. The van der Waals surface area contributed by atoms with Crippen LogP contribution in [-0.2, 0) is 5.41 Å². The topological polar surface area (TPSA) is 178 Å². The molecule has 3 rings (SSSR count). The minimum atomic E-state index is -0.152. The predicted molar refractivity (Wildman–Crippen MR) is 97.6 cm³/mol. The Morgan fingerprint density at radius 1 is 0.926 bits per heavy atom. The van der Waals surface area contributed by atoms with E-state index in [-0.39, 0.29) is 23.1 Å². The maximum atomic E-state index is 10.6. The van der Waals surface area contributed by atoms with E-state index in [1.807, 2.05) is 12.1 Å². The molecule has 0 unspecified atom stereocenters. The van der Waals surface area contributed by atoms with Crippen molar-refractivity contribution in [2.45, 2.75) is 26.2 Å². The molecule has 5 N–H and O–H groups in total. The number of aromatic amines is 2. The summed E-state index contributed by atoms with van der Waals surface area (Å²) in [5.74, 6) is 0.438. The number of hydrogen-bond acceptors (Lipinski definition) is 11. The summed E-state index contributed by atoms with van der Waals surface area (Å²) >= 11 is 0. The van der Waals surface area contributed by atoms with E-state index in [0.717, 1.165) is 5.56 Å². The fourth-order valence-electron chi connectivity index (χ4n) is 2.05. The number of anilines is 2. The summed E-state index contributed by atoms with van der Waals surface area (Å²) in [5.41, 5.74) is 7.05. The van der Waals surface area contributed by atoms with Gasteiger partial charge in [-0.3, -0.25) is 0 Å². The largest absolute Gasteiger partial charge is 0.507 e. The molecule has 0 atom stereocenters. The fourth-order valence-corrected chi connectivity index (χ4v) is 2.05. The van der Waals surface area contributed by atoms with Crippen molar-refractivity contribution in [3.8, 4) is 5.75 Å². The molecule has 0 amide bonds. The molecule has 3 aromatic rings. The van der Waals surface area contributed by atoms with Gasteiger partial charge >= 0.3 is 0 Å². The van der Waals surface area contributed by atoms with Crippen LogP contribution in [-0.4, -0.2) is 58.8 Å². The van der Waals surface area contributed by atoms with Gasteiger partial charge in [-0.2, -0.15) is 20.6 Å². The van der Waals surface area contributed by atoms with Crippen molar-refractivity contribution in [3.05, 3.63) is 28.8 Å². The zero-order valence-corrected chi connectivity index (χ0v) is 14.8. The van der Waals surface area contributed by atoms with Gasteiger partial charge in [-0.1, -0.05) is 31.0 Å².